The molecule has 0 aliphatic carbocycles. The van der Waals surface area contributed by atoms with Crippen LogP contribution in [0.4, 0.5) is 0 Å². The summed E-state index contributed by atoms with van der Waals surface area (Å²) >= 11 is 0.109. The second kappa shape index (κ2) is 34.9. The second-order valence-electron chi connectivity index (χ2n) is 19.4. The van der Waals surface area contributed by atoms with Crippen LogP contribution in [-0.2, 0) is 61.1 Å². The van der Waals surface area contributed by atoms with Crippen LogP contribution in [0, 0.1) is 0 Å². The summed E-state index contributed by atoms with van der Waals surface area (Å²) in [6, 6.07) is -0.268. The normalized spacial score (nSPS) is 34.7. The summed E-state index contributed by atoms with van der Waals surface area (Å²) in [6.07, 6.45) is -17.9. The molecule has 1 aromatic carbocycles. The molecule has 0 spiro atoms. The first-order chi connectivity index (χ1) is 37.4. The Morgan fingerprint density at radius 3 is 1.52 bits per heavy atom. The van der Waals surface area contributed by atoms with E-state index in [0.717, 1.165) is 46.5 Å². The molecular formula is C48H78N4NaO25S. The number of carbonyl (C=O) groups excluding carboxylic acids is 4. The Labute approximate surface area is 483 Å². The van der Waals surface area contributed by atoms with E-state index in [2.05, 4.69) is 37.6 Å². The number of aliphatic hydroxyl groups excluding tert-OH is 9. The third-order valence-corrected chi connectivity index (χ3v) is 13.9. The first kappa shape index (κ1) is 68.9. The summed E-state index contributed by atoms with van der Waals surface area (Å²) in [6.45, 7) is 2.47. The van der Waals surface area contributed by atoms with Crippen molar-refractivity contribution in [3.8, 4) is 5.75 Å². The third kappa shape index (κ3) is 19.8. The number of aliphatic hydroxyl groups is 9. The summed E-state index contributed by atoms with van der Waals surface area (Å²) in [5, 5.41) is 122. The zero-order chi connectivity index (χ0) is 57.1. The second-order valence-corrected chi connectivity index (χ2v) is 19.9. The number of amides is 4. The van der Waals surface area contributed by atoms with Crippen molar-refractivity contribution >= 4 is 65.5 Å². The number of carbonyl (C=O) groups is 4. The monoisotopic (exact) mass is 1170 g/mol. The molecule has 4 heterocycles. The van der Waals surface area contributed by atoms with E-state index < -0.39 is 173 Å². The van der Waals surface area contributed by atoms with Crippen molar-refractivity contribution in [3.63, 3.8) is 0 Å². The number of hydrogen-bond acceptors (Lipinski definition) is 26. The Kier molecular flexibility index (Phi) is 30.5. The van der Waals surface area contributed by atoms with Gasteiger partial charge in [-0.3, -0.25) is 23.4 Å². The van der Waals surface area contributed by atoms with Crippen molar-refractivity contribution in [2.45, 2.75) is 208 Å². The van der Waals surface area contributed by atoms with Crippen LogP contribution in [0.2, 0.25) is 0 Å². The minimum absolute atomic E-state index is 0. The van der Waals surface area contributed by atoms with E-state index >= 15 is 0 Å². The van der Waals surface area contributed by atoms with Gasteiger partial charge in [0.1, 0.15) is 103 Å². The van der Waals surface area contributed by atoms with Gasteiger partial charge in [-0.2, -0.15) is 0 Å². The van der Waals surface area contributed by atoms with Gasteiger partial charge in [-0.25, -0.2) is 5.26 Å². The summed E-state index contributed by atoms with van der Waals surface area (Å²) in [7, 11) is 0. The molecule has 0 aromatic heterocycles. The Bertz CT molecular complexity index is 2000. The van der Waals surface area contributed by atoms with E-state index in [4.69, 9.17) is 47.3 Å². The van der Waals surface area contributed by atoms with Gasteiger partial charge in [0, 0.05) is 55.9 Å². The van der Waals surface area contributed by atoms with Crippen molar-refractivity contribution in [3.05, 3.63) is 29.8 Å². The van der Waals surface area contributed by atoms with Crippen LogP contribution in [0.3, 0.4) is 0 Å². The van der Waals surface area contributed by atoms with E-state index in [1.807, 2.05) is 0 Å². The van der Waals surface area contributed by atoms with E-state index in [1.165, 1.54) is 44.2 Å². The van der Waals surface area contributed by atoms with E-state index in [-0.39, 0.29) is 47.4 Å². The number of rotatable bonds is 30. The first-order valence-electron chi connectivity index (χ1n) is 26.0. The van der Waals surface area contributed by atoms with Gasteiger partial charge in [0.2, 0.25) is 17.7 Å². The Morgan fingerprint density at radius 1 is 0.570 bits per heavy atom. The molecule has 447 valence electrons. The van der Waals surface area contributed by atoms with Gasteiger partial charge in [-0.1, -0.05) is 69.4 Å². The van der Waals surface area contributed by atoms with E-state index in [0.29, 0.717) is 12.4 Å². The number of benzene rings is 1. The Hall–Kier alpha value is -2.55. The van der Waals surface area contributed by atoms with Crippen LogP contribution in [0.25, 0.3) is 0 Å². The van der Waals surface area contributed by atoms with Crippen LogP contribution < -0.4 is 26.0 Å². The fourth-order valence-corrected chi connectivity index (χ4v) is 9.87. The maximum absolute atomic E-state index is 13.8. The predicted octanol–water partition coefficient (Wildman–Crippen LogP) is -3.34. The van der Waals surface area contributed by atoms with Crippen molar-refractivity contribution < 1.29 is 122 Å². The molecule has 1 radical (unpaired) electrons. The fourth-order valence-electron chi connectivity index (χ4n) is 9.61. The number of ether oxygens (including phenoxy) is 8. The molecule has 10 unspecified atom stereocenters. The van der Waals surface area contributed by atoms with Gasteiger partial charge in [0.05, 0.1) is 33.0 Å². The zero-order valence-corrected chi connectivity index (χ0v) is 47.6. The van der Waals surface area contributed by atoms with Gasteiger partial charge >= 0.3 is 0 Å². The molecular weight excluding hydrogens is 1090 g/mol. The van der Waals surface area contributed by atoms with Gasteiger partial charge in [0.25, 0.3) is 5.91 Å². The molecule has 4 fully saturated rings. The van der Waals surface area contributed by atoms with E-state index in [9.17, 15) is 65.1 Å². The minimum Gasteiger partial charge on any atom is -0.494 e. The minimum atomic E-state index is -1.96. The van der Waals surface area contributed by atoms with Gasteiger partial charge in [-0.15, -0.1) is 4.33 Å². The molecule has 0 bridgehead atoms. The summed E-state index contributed by atoms with van der Waals surface area (Å²) in [4.78, 5) is 51.2. The van der Waals surface area contributed by atoms with Crippen molar-refractivity contribution in [1.82, 2.24) is 21.3 Å². The summed E-state index contributed by atoms with van der Waals surface area (Å²) in [5.74, 6) is -2.62. The smallest absolute Gasteiger partial charge is 0.251 e. The first-order valence-corrected chi connectivity index (χ1v) is 26.6. The molecule has 0 saturated carbocycles. The maximum atomic E-state index is 13.8. The molecule has 20 atom stereocenters. The van der Waals surface area contributed by atoms with Crippen LogP contribution in [0.5, 0.6) is 5.75 Å². The third-order valence-electron chi connectivity index (χ3n) is 13.5. The SMILES string of the molecule is CCCCCCCCCCCOc1cccc(C(=O)N[C@H]2C(O[C@H]3C(O)C(NC(C)=O)C(OC4C(CO)O[C@@H](O[C@H]5C(O)C(NC(C)=O)C(O)O[C@@H]5COSOOO)[C@H](NC(C)=O)[C@H]4O)O[C@@H]3CO)OC(CO)[C@H](O)[C@@H]2O)c1.[Na]. The standard InChI is InChI=1S/C48H78N4O25S.Na/c1-5-6-7-8-9-10-11-12-13-17-67-27-16-14-15-26(18-27)44(64)52-33-37(60)36(59)28(19-53)70-46(33)73-41-29(20-54)71-47(34(39(41)62)50-24(3)57)74-42-30(21-55)72-48(35(40(42)63)51-25(4)58)75-43-31(22-68-78-77-76-66)69-45(65)32(38(43)61)49-23(2)56;/h14-16,18,28-43,45-48,53-55,59-63,65-66H,5-13,17,19-22H2,1-4H3,(H,49,56)(H,50,57)(H,51,58)(H,52,64);/t28?,29-,30?,31-,32?,33-,34?,35-,36+,37-,38?,39?,40-,41-,42?,43-,45?,46?,47?,48+;/m1./s1. The van der Waals surface area contributed by atoms with Crippen LogP contribution in [-0.4, -0.2) is 260 Å². The number of nitrogens with one attached hydrogen (secondary N) is 4. The van der Waals surface area contributed by atoms with Crippen LogP contribution in [0.15, 0.2) is 24.3 Å². The molecule has 79 heavy (non-hydrogen) atoms. The molecule has 4 aliphatic rings. The van der Waals surface area contributed by atoms with Gasteiger partial charge in [-0.05, 0) is 24.6 Å². The van der Waals surface area contributed by atoms with Gasteiger partial charge in [0.15, 0.2) is 37.5 Å². The predicted molar refractivity (Wildman–Crippen MR) is 270 cm³/mol. The maximum Gasteiger partial charge on any atom is 0.251 e. The fraction of sp³-hybridized carbons (Fsp3) is 0.792. The Morgan fingerprint density at radius 2 is 1.03 bits per heavy atom. The topological polar surface area (TPSA) is 420 Å². The molecule has 4 aliphatic heterocycles. The van der Waals surface area contributed by atoms with Crippen molar-refractivity contribution in [2.75, 3.05) is 33.0 Å². The summed E-state index contributed by atoms with van der Waals surface area (Å²) in [5.41, 5.74) is 0.0868. The molecule has 29 nitrogen and oxygen atoms in total. The zero-order valence-electron chi connectivity index (χ0n) is 44.8. The molecule has 5 rings (SSSR count). The number of hydrogen-bond donors (Lipinski definition) is 14. The molecule has 1 aromatic rings. The number of unbranched alkanes of at least 4 members (excludes halogenated alkanes) is 8. The average molecular weight is 1170 g/mol. The van der Waals surface area contributed by atoms with Crippen LogP contribution in [0.1, 0.15) is 95.8 Å². The molecule has 14 N–H and O–H groups in total. The van der Waals surface area contributed by atoms with E-state index in [1.54, 1.807) is 12.1 Å². The Balaban J connectivity index is 0.0000134. The van der Waals surface area contributed by atoms with Gasteiger partial charge < -0.3 is 105 Å². The average Bonchev–Trinajstić information content (AvgIpc) is 3.42. The largest absolute Gasteiger partial charge is 0.494 e. The molecule has 31 heteroatoms. The molecule has 4 saturated heterocycles. The van der Waals surface area contributed by atoms with Crippen LogP contribution >= 0.6 is 12.3 Å². The van der Waals surface area contributed by atoms with Crippen molar-refractivity contribution in [1.29, 1.82) is 0 Å². The quantitative estimate of drug-likeness (QED) is 0.0118. The molecule has 4 amide bonds. The summed E-state index contributed by atoms with van der Waals surface area (Å²) < 4.78 is 57.2. The van der Waals surface area contributed by atoms with Crippen molar-refractivity contribution in [2.24, 2.45) is 0 Å².